The Hall–Kier alpha value is -2.90. The van der Waals surface area contributed by atoms with Gasteiger partial charge in [-0.2, -0.15) is 0 Å². The van der Waals surface area contributed by atoms with E-state index < -0.39 is 36.9 Å². The van der Waals surface area contributed by atoms with Crippen LogP contribution in [0.3, 0.4) is 0 Å². The summed E-state index contributed by atoms with van der Waals surface area (Å²) in [6, 6.07) is 4.96. The Morgan fingerprint density at radius 2 is 1.93 bits per heavy atom. The molecule has 1 aromatic carbocycles. The Bertz CT molecular complexity index is 705. The van der Waals surface area contributed by atoms with Gasteiger partial charge in [0.05, 0.1) is 0 Å². The Balaban J connectivity index is 1.57. The molecule has 0 aromatic heterocycles. The molecular weight excluding hydrogens is 355 g/mol. The highest BCUT2D eigenvalue weighted by Gasteiger charge is 2.12. The van der Waals surface area contributed by atoms with Crippen LogP contribution in [0.2, 0.25) is 0 Å². The molecular formula is C19H23FN2O5. The lowest BCUT2D eigenvalue weighted by molar-refractivity contribution is -0.150. The molecule has 27 heavy (non-hydrogen) atoms. The van der Waals surface area contributed by atoms with Gasteiger partial charge in [-0.25, -0.2) is 14.0 Å². The number of amides is 3. The van der Waals surface area contributed by atoms with Crippen molar-refractivity contribution >= 4 is 17.9 Å². The molecule has 0 saturated carbocycles. The summed E-state index contributed by atoms with van der Waals surface area (Å²) in [7, 11) is 0. The van der Waals surface area contributed by atoms with Gasteiger partial charge in [-0.05, 0) is 44.2 Å². The highest BCUT2D eigenvalue weighted by molar-refractivity contribution is 5.95. The Morgan fingerprint density at radius 3 is 2.67 bits per heavy atom. The number of hydrogen-bond acceptors (Lipinski definition) is 5. The van der Waals surface area contributed by atoms with E-state index in [1.165, 1.54) is 36.6 Å². The number of nitrogens with one attached hydrogen (secondary N) is 2. The summed E-state index contributed by atoms with van der Waals surface area (Å²) in [5, 5.41) is 4.65. The number of allylic oxidation sites excluding steroid dienone is 1. The van der Waals surface area contributed by atoms with Crippen molar-refractivity contribution < 1.29 is 28.2 Å². The quantitative estimate of drug-likeness (QED) is 0.535. The number of esters is 1. The minimum Gasteiger partial charge on any atom is -0.479 e. The highest BCUT2D eigenvalue weighted by atomic mass is 19.1. The number of carbonyl (C=O) groups is 3. The summed E-state index contributed by atoms with van der Waals surface area (Å²) in [6.07, 6.45) is 7.44. The zero-order valence-electron chi connectivity index (χ0n) is 15.0. The van der Waals surface area contributed by atoms with Crippen molar-refractivity contribution in [2.75, 3.05) is 19.8 Å². The second kappa shape index (κ2) is 10.9. The molecule has 0 atom stereocenters. The van der Waals surface area contributed by atoms with Gasteiger partial charge in [0.1, 0.15) is 0 Å². The predicted molar refractivity (Wildman–Crippen MR) is 95.6 cm³/mol. The van der Waals surface area contributed by atoms with Gasteiger partial charge in [-0.15, -0.1) is 0 Å². The lowest BCUT2D eigenvalue weighted by atomic mass is 9.97. The van der Waals surface area contributed by atoms with Crippen LogP contribution in [0.15, 0.2) is 35.9 Å². The summed E-state index contributed by atoms with van der Waals surface area (Å²) in [4.78, 5) is 34.7. The summed E-state index contributed by atoms with van der Waals surface area (Å²) in [5.41, 5.74) is 1.32. The minimum absolute atomic E-state index is 0.0913. The average Bonchev–Trinajstić information content (AvgIpc) is 2.66. The van der Waals surface area contributed by atoms with Gasteiger partial charge < -0.3 is 14.8 Å². The van der Waals surface area contributed by atoms with Crippen LogP contribution in [0.4, 0.5) is 9.18 Å². The van der Waals surface area contributed by atoms with Gasteiger partial charge in [0.25, 0.3) is 5.91 Å². The molecule has 1 aliphatic carbocycles. The number of rotatable bonds is 8. The lowest BCUT2D eigenvalue weighted by Crippen LogP contribution is -2.42. The zero-order valence-corrected chi connectivity index (χ0v) is 15.0. The van der Waals surface area contributed by atoms with E-state index in [1.807, 2.05) is 0 Å². The van der Waals surface area contributed by atoms with E-state index in [0.29, 0.717) is 6.54 Å². The van der Waals surface area contributed by atoms with Crippen LogP contribution < -0.4 is 15.4 Å². The third-order valence-corrected chi connectivity index (χ3v) is 3.92. The first kappa shape index (κ1) is 20.4. The van der Waals surface area contributed by atoms with Gasteiger partial charge in [-0.3, -0.25) is 10.1 Å². The molecule has 0 heterocycles. The van der Waals surface area contributed by atoms with Crippen LogP contribution in [0.25, 0.3) is 0 Å². The normalized spacial score (nSPS) is 13.3. The molecule has 1 aromatic rings. The molecule has 0 saturated heterocycles. The second-order valence-corrected chi connectivity index (χ2v) is 6.04. The molecule has 0 aliphatic heterocycles. The van der Waals surface area contributed by atoms with E-state index in [9.17, 15) is 18.8 Å². The van der Waals surface area contributed by atoms with E-state index in [2.05, 4.69) is 21.4 Å². The van der Waals surface area contributed by atoms with Crippen LogP contribution in [0.5, 0.6) is 5.75 Å². The molecule has 0 spiro atoms. The SMILES string of the molecule is O=C(COC(=O)COc1ccccc1F)NC(=O)NCCC1=CCCCC1. The van der Waals surface area contributed by atoms with E-state index in [0.717, 1.165) is 19.3 Å². The van der Waals surface area contributed by atoms with Crippen molar-refractivity contribution in [2.24, 2.45) is 0 Å². The Kier molecular flexibility index (Phi) is 8.28. The number of carbonyl (C=O) groups excluding carboxylic acids is 3. The number of ether oxygens (including phenoxy) is 2. The predicted octanol–water partition coefficient (Wildman–Crippen LogP) is 2.46. The molecule has 0 radical (unpaired) electrons. The molecule has 0 bridgehead atoms. The standard InChI is InChI=1S/C19H23FN2O5/c20-15-8-4-5-9-16(15)26-13-18(24)27-12-17(23)22-19(25)21-11-10-14-6-2-1-3-7-14/h4-6,8-9H,1-3,7,10-13H2,(H2,21,22,23,25). The first-order valence-electron chi connectivity index (χ1n) is 8.83. The van der Waals surface area contributed by atoms with Crippen molar-refractivity contribution in [3.05, 3.63) is 41.7 Å². The van der Waals surface area contributed by atoms with E-state index in [1.54, 1.807) is 6.07 Å². The largest absolute Gasteiger partial charge is 0.479 e. The van der Waals surface area contributed by atoms with Crippen molar-refractivity contribution in [3.63, 3.8) is 0 Å². The van der Waals surface area contributed by atoms with Crippen LogP contribution in [0.1, 0.15) is 32.1 Å². The first-order chi connectivity index (χ1) is 13.0. The second-order valence-electron chi connectivity index (χ2n) is 6.04. The van der Waals surface area contributed by atoms with Crippen LogP contribution >= 0.6 is 0 Å². The maximum absolute atomic E-state index is 13.3. The maximum Gasteiger partial charge on any atom is 0.344 e. The molecule has 0 fully saturated rings. The number of imide groups is 1. The van der Waals surface area contributed by atoms with E-state index in [-0.39, 0.29) is 5.75 Å². The fourth-order valence-corrected chi connectivity index (χ4v) is 2.56. The Morgan fingerprint density at radius 1 is 1.11 bits per heavy atom. The fourth-order valence-electron chi connectivity index (χ4n) is 2.56. The van der Waals surface area contributed by atoms with Gasteiger partial charge in [0.2, 0.25) is 0 Å². The number of benzene rings is 1. The van der Waals surface area contributed by atoms with Crippen molar-refractivity contribution in [1.82, 2.24) is 10.6 Å². The number of urea groups is 1. The van der Waals surface area contributed by atoms with E-state index in [4.69, 9.17) is 4.74 Å². The fraction of sp³-hybridized carbons (Fsp3) is 0.421. The molecule has 1 aliphatic rings. The first-order valence-corrected chi connectivity index (χ1v) is 8.83. The maximum atomic E-state index is 13.3. The molecule has 8 heteroatoms. The third kappa shape index (κ3) is 7.89. The summed E-state index contributed by atoms with van der Waals surface area (Å²) >= 11 is 0. The van der Waals surface area contributed by atoms with Crippen molar-refractivity contribution in [3.8, 4) is 5.75 Å². The van der Waals surface area contributed by atoms with Crippen LogP contribution in [0, 0.1) is 5.82 Å². The smallest absolute Gasteiger partial charge is 0.344 e. The molecule has 146 valence electrons. The van der Waals surface area contributed by atoms with Gasteiger partial charge >= 0.3 is 12.0 Å². The van der Waals surface area contributed by atoms with Crippen molar-refractivity contribution in [1.29, 1.82) is 0 Å². The third-order valence-electron chi connectivity index (χ3n) is 3.92. The zero-order chi connectivity index (χ0) is 19.5. The average molecular weight is 378 g/mol. The Labute approximate surface area is 156 Å². The number of para-hydroxylation sites is 1. The van der Waals surface area contributed by atoms with Crippen molar-refractivity contribution in [2.45, 2.75) is 32.1 Å². The molecule has 2 rings (SSSR count). The monoisotopic (exact) mass is 378 g/mol. The topological polar surface area (TPSA) is 93.7 Å². The number of halogens is 1. The molecule has 7 nitrogen and oxygen atoms in total. The minimum atomic E-state index is -0.849. The van der Waals surface area contributed by atoms with E-state index >= 15 is 0 Å². The summed E-state index contributed by atoms with van der Waals surface area (Å²) in [5.74, 6) is -2.31. The molecule has 3 amide bonds. The molecule has 0 unspecified atom stereocenters. The summed E-state index contributed by atoms with van der Waals surface area (Å²) in [6.45, 7) is -0.741. The highest BCUT2D eigenvalue weighted by Crippen LogP contribution is 2.19. The number of hydrogen-bond donors (Lipinski definition) is 2. The van der Waals surface area contributed by atoms with Crippen LogP contribution in [-0.2, 0) is 14.3 Å². The lowest BCUT2D eigenvalue weighted by Gasteiger charge is -2.13. The van der Waals surface area contributed by atoms with Crippen LogP contribution in [-0.4, -0.2) is 37.7 Å². The van der Waals surface area contributed by atoms with Gasteiger partial charge in [0.15, 0.2) is 24.8 Å². The van der Waals surface area contributed by atoms with Gasteiger partial charge in [0, 0.05) is 6.54 Å². The molecule has 2 N–H and O–H groups in total. The summed E-state index contributed by atoms with van der Waals surface area (Å²) < 4.78 is 23.0. The van der Waals surface area contributed by atoms with Gasteiger partial charge in [-0.1, -0.05) is 23.8 Å².